The minimum absolute atomic E-state index is 0.0151. The minimum atomic E-state index is -3.02. The molecule has 2 aromatic carbocycles. The fraction of sp³-hybridized carbons (Fsp3) is 0.400. The predicted octanol–water partition coefficient (Wildman–Crippen LogP) is 2.66. The molecule has 0 radical (unpaired) electrons. The van der Waals surface area contributed by atoms with Gasteiger partial charge in [0.1, 0.15) is 5.75 Å². The zero-order valence-electron chi connectivity index (χ0n) is 18.7. The van der Waals surface area contributed by atoms with Gasteiger partial charge in [-0.3, -0.25) is 14.4 Å². The molecule has 2 saturated heterocycles. The molecule has 34 heavy (non-hydrogen) atoms. The highest BCUT2D eigenvalue weighted by atomic mass is 19.3. The Labute approximate surface area is 196 Å². The van der Waals surface area contributed by atoms with Gasteiger partial charge in [-0.1, -0.05) is 42.5 Å². The Morgan fingerprint density at radius 3 is 2.29 bits per heavy atom. The van der Waals surface area contributed by atoms with Crippen LogP contribution in [0.3, 0.4) is 0 Å². The highest BCUT2D eigenvalue weighted by molar-refractivity contribution is 5.97. The van der Waals surface area contributed by atoms with Crippen molar-refractivity contribution in [2.45, 2.75) is 19.5 Å². The van der Waals surface area contributed by atoms with Crippen molar-refractivity contribution in [2.75, 3.05) is 39.3 Å². The van der Waals surface area contributed by atoms with E-state index in [9.17, 15) is 23.2 Å². The first-order chi connectivity index (χ1) is 16.4. The largest absolute Gasteiger partial charge is 0.434 e. The molecule has 2 fully saturated rings. The van der Waals surface area contributed by atoms with Crippen molar-refractivity contribution in [1.29, 1.82) is 0 Å². The summed E-state index contributed by atoms with van der Waals surface area (Å²) in [6.45, 7) is -0.812. The molecular weight excluding hydrogens is 444 g/mol. The van der Waals surface area contributed by atoms with E-state index >= 15 is 0 Å². The third-order valence-corrected chi connectivity index (χ3v) is 6.29. The summed E-state index contributed by atoms with van der Waals surface area (Å²) in [5.41, 5.74) is 1.21. The average molecular weight is 472 g/mol. The number of halogens is 2. The van der Waals surface area contributed by atoms with Crippen LogP contribution < -0.4 is 4.74 Å². The summed E-state index contributed by atoms with van der Waals surface area (Å²) in [4.78, 5) is 43.3. The van der Waals surface area contributed by atoms with Gasteiger partial charge in [-0.25, -0.2) is 0 Å². The van der Waals surface area contributed by atoms with Crippen molar-refractivity contribution in [2.24, 2.45) is 5.92 Å². The number of hydrogen-bond acceptors (Lipinski definition) is 4. The first-order valence-electron chi connectivity index (χ1n) is 11.4. The normalized spacial score (nSPS) is 18.5. The van der Waals surface area contributed by atoms with E-state index in [0.717, 1.165) is 12.0 Å². The summed E-state index contributed by atoms with van der Waals surface area (Å²) in [5.74, 6) is -1.05. The second-order valence-corrected chi connectivity index (χ2v) is 8.47. The first-order valence-corrected chi connectivity index (χ1v) is 11.4. The van der Waals surface area contributed by atoms with Crippen LogP contribution in [0, 0.1) is 5.92 Å². The molecular formula is C25H27F2N3O4. The molecule has 0 N–H and O–H groups in total. The highest BCUT2D eigenvalue weighted by Crippen LogP contribution is 2.24. The van der Waals surface area contributed by atoms with Gasteiger partial charge >= 0.3 is 6.61 Å². The minimum Gasteiger partial charge on any atom is -0.434 e. The number of piperazine rings is 1. The Bertz CT molecular complexity index is 1030. The molecule has 2 aliphatic heterocycles. The molecule has 1 atom stereocenters. The maximum Gasteiger partial charge on any atom is 0.387 e. The van der Waals surface area contributed by atoms with Crippen LogP contribution in [0.2, 0.25) is 0 Å². The van der Waals surface area contributed by atoms with Crippen molar-refractivity contribution in [3.63, 3.8) is 0 Å². The van der Waals surface area contributed by atoms with E-state index in [0.29, 0.717) is 26.2 Å². The molecule has 180 valence electrons. The lowest BCUT2D eigenvalue weighted by Gasteiger charge is -2.36. The third-order valence-electron chi connectivity index (χ3n) is 6.29. The molecule has 1 unspecified atom stereocenters. The topological polar surface area (TPSA) is 70.2 Å². The smallest absolute Gasteiger partial charge is 0.387 e. The summed E-state index contributed by atoms with van der Waals surface area (Å²) in [6.07, 6.45) is 0.941. The van der Waals surface area contributed by atoms with Gasteiger partial charge in [0.2, 0.25) is 11.8 Å². The summed E-state index contributed by atoms with van der Waals surface area (Å²) in [6, 6.07) is 15.8. The molecule has 0 saturated carbocycles. The van der Waals surface area contributed by atoms with E-state index in [1.165, 1.54) is 23.1 Å². The second kappa shape index (κ2) is 10.6. The molecule has 7 nitrogen and oxygen atoms in total. The van der Waals surface area contributed by atoms with E-state index in [1.54, 1.807) is 15.9 Å². The number of alkyl halides is 2. The number of para-hydroxylation sites is 1. The number of rotatable bonds is 7. The van der Waals surface area contributed by atoms with Gasteiger partial charge in [0, 0.05) is 45.7 Å². The molecule has 4 rings (SSSR count). The molecule has 0 bridgehead atoms. The molecule has 2 heterocycles. The second-order valence-electron chi connectivity index (χ2n) is 8.47. The number of carbonyl (C=O) groups excluding carboxylic acids is 3. The van der Waals surface area contributed by atoms with Crippen LogP contribution in [0.5, 0.6) is 5.75 Å². The van der Waals surface area contributed by atoms with Crippen molar-refractivity contribution >= 4 is 17.7 Å². The van der Waals surface area contributed by atoms with E-state index < -0.39 is 12.5 Å². The quantitative estimate of drug-likeness (QED) is 0.623. The van der Waals surface area contributed by atoms with Gasteiger partial charge in [-0.15, -0.1) is 0 Å². The van der Waals surface area contributed by atoms with Gasteiger partial charge in [-0.2, -0.15) is 8.78 Å². The van der Waals surface area contributed by atoms with Crippen LogP contribution in [-0.4, -0.2) is 78.3 Å². The molecule has 0 aliphatic carbocycles. The van der Waals surface area contributed by atoms with E-state index in [2.05, 4.69) is 4.74 Å². The van der Waals surface area contributed by atoms with Crippen LogP contribution in [0.4, 0.5) is 8.78 Å². The number of likely N-dealkylation sites (tertiary alicyclic amines) is 1. The first kappa shape index (κ1) is 23.7. The van der Waals surface area contributed by atoms with E-state index in [-0.39, 0.29) is 48.6 Å². The predicted molar refractivity (Wildman–Crippen MR) is 120 cm³/mol. The van der Waals surface area contributed by atoms with Crippen molar-refractivity contribution < 1.29 is 27.9 Å². The SMILES string of the molecule is O=C1CC(C(=O)N2CCN(C(=O)c3ccccc3OC(F)F)CC2)CN1CCc1ccccc1. The maximum absolute atomic E-state index is 13.0. The Hall–Kier alpha value is -3.49. The molecule has 0 aromatic heterocycles. The lowest BCUT2D eigenvalue weighted by atomic mass is 10.1. The van der Waals surface area contributed by atoms with Crippen molar-refractivity contribution in [3.05, 3.63) is 65.7 Å². The standard InChI is InChI=1S/C25H27F2N3O4/c26-25(27)34-21-9-5-4-8-20(21)24(33)29-14-12-28(13-15-29)23(32)19-16-22(31)30(17-19)11-10-18-6-2-1-3-7-18/h1-9,19,25H,10-17H2. The van der Waals surface area contributed by atoms with Crippen LogP contribution in [0.25, 0.3) is 0 Å². The number of benzene rings is 2. The highest BCUT2D eigenvalue weighted by Gasteiger charge is 2.37. The summed E-state index contributed by atoms with van der Waals surface area (Å²) in [5, 5.41) is 0. The van der Waals surface area contributed by atoms with Gasteiger partial charge < -0.3 is 19.4 Å². The lowest BCUT2D eigenvalue weighted by molar-refractivity contribution is -0.137. The van der Waals surface area contributed by atoms with E-state index in [1.807, 2.05) is 30.3 Å². The van der Waals surface area contributed by atoms with Crippen molar-refractivity contribution in [1.82, 2.24) is 14.7 Å². The van der Waals surface area contributed by atoms with Gasteiger partial charge in [0.05, 0.1) is 11.5 Å². The lowest BCUT2D eigenvalue weighted by Crippen LogP contribution is -2.52. The molecule has 0 spiro atoms. The fourth-order valence-electron chi connectivity index (χ4n) is 4.46. The average Bonchev–Trinajstić information content (AvgIpc) is 3.23. The monoisotopic (exact) mass is 471 g/mol. The van der Waals surface area contributed by atoms with Crippen LogP contribution in [-0.2, 0) is 16.0 Å². The Morgan fingerprint density at radius 1 is 0.941 bits per heavy atom. The van der Waals surface area contributed by atoms with Crippen LogP contribution >= 0.6 is 0 Å². The van der Waals surface area contributed by atoms with Crippen LogP contribution in [0.15, 0.2) is 54.6 Å². The molecule has 2 aliphatic rings. The van der Waals surface area contributed by atoms with Crippen LogP contribution in [0.1, 0.15) is 22.3 Å². The number of carbonyl (C=O) groups is 3. The number of amides is 3. The zero-order valence-corrected chi connectivity index (χ0v) is 18.7. The van der Waals surface area contributed by atoms with Gasteiger partial charge in [-0.05, 0) is 24.1 Å². The number of ether oxygens (including phenoxy) is 1. The van der Waals surface area contributed by atoms with Crippen molar-refractivity contribution in [3.8, 4) is 5.75 Å². The summed E-state index contributed by atoms with van der Waals surface area (Å²) >= 11 is 0. The third kappa shape index (κ3) is 5.52. The molecule has 2 aromatic rings. The van der Waals surface area contributed by atoms with E-state index in [4.69, 9.17) is 0 Å². The number of nitrogens with zero attached hydrogens (tertiary/aromatic N) is 3. The Kier molecular flexibility index (Phi) is 7.40. The van der Waals surface area contributed by atoms with Gasteiger partial charge in [0.15, 0.2) is 0 Å². The fourth-order valence-corrected chi connectivity index (χ4v) is 4.46. The number of hydrogen-bond donors (Lipinski definition) is 0. The summed E-state index contributed by atoms with van der Waals surface area (Å²) in [7, 11) is 0. The maximum atomic E-state index is 13.0. The van der Waals surface area contributed by atoms with Gasteiger partial charge in [0.25, 0.3) is 5.91 Å². The Morgan fingerprint density at radius 2 is 1.59 bits per heavy atom. The Balaban J connectivity index is 1.29. The molecule has 3 amide bonds. The molecule has 9 heteroatoms. The zero-order chi connectivity index (χ0) is 24.1. The summed E-state index contributed by atoms with van der Waals surface area (Å²) < 4.78 is 29.8.